The van der Waals surface area contributed by atoms with E-state index in [9.17, 15) is 4.79 Å². The van der Waals surface area contributed by atoms with Gasteiger partial charge in [-0.2, -0.15) is 5.26 Å². The third-order valence-corrected chi connectivity index (χ3v) is 3.84. The molecular weight excluding hydrogens is 320 g/mol. The monoisotopic (exact) mass is 338 g/mol. The smallest absolute Gasteiger partial charge is 0.251 e. The van der Waals surface area contributed by atoms with Crippen molar-refractivity contribution in [3.05, 3.63) is 65.7 Å². The quantitative estimate of drug-likeness (QED) is 0.380. The van der Waals surface area contributed by atoms with E-state index in [0.717, 1.165) is 6.42 Å². The number of hydrogen-bond acceptors (Lipinski definition) is 4. The first kappa shape index (κ1) is 17.6. The molecule has 0 radical (unpaired) electrons. The Balaban J connectivity index is 1.90. The molecule has 2 N–H and O–H groups in total. The Bertz CT molecular complexity index is 736. The summed E-state index contributed by atoms with van der Waals surface area (Å²) in [5, 5.41) is 14.5. The second-order valence-electron chi connectivity index (χ2n) is 4.90. The van der Waals surface area contributed by atoms with Crippen LogP contribution in [0.2, 0.25) is 0 Å². The Morgan fingerprint density at radius 2 is 1.88 bits per heavy atom. The number of aliphatic imine (C=N–C) groups is 1. The van der Waals surface area contributed by atoms with Gasteiger partial charge in [-0.3, -0.25) is 10.1 Å². The van der Waals surface area contributed by atoms with Gasteiger partial charge in [0.1, 0.15) is 0 Å². The molecule has 0 saturated carbocycles. The zero-order valence-electron chi connectivity index (χ0n) is 13.3. The molecule has 6 heteroatoms. The SMILES string of the molecule is CSC(=Nc1ccc(C(=O)NCCc2ccccc2)cc1)NC#N. The van der Waals surface area contributed by atoms with Crippen LogP contribution in [-0.4, -0.2) is 23.9 Å². The van der Waals surface area contributed by atoms with Gasteiger partial charge in [0.25, 0.3) is 5.91 Å². The van der Waals surface area contributed by atoms with E-state index in [2.05, 4.69) is 15.6 Å². The highest BCUT2D eigenvalue weighted by Gasteiger charge is 2.05. The van der Waals surface area contributed by atoms with Gasteiger partial charge in [-0.1, -0.05) is 42.1 Å². The van der Waals surface area contributed by atoms with Crippen LogP contribution in [0.15, 0.2) is 59.6 Å². The van der Waals surface area contributed by atoms with E-state index in [1.165, 1.54) is 17.3 Å². The number of nitriles is 1. The van der Waals surface area contributed by atoms with Crippen molar-refractivity contribution in [3.63, 3.8) is 0 Å². The molecule has 0 bridgehead atoms. The molecule has 0 fully saturated rings. The van der Waals surface area contributed by atoms with Crippen LogP contribution >= 0.6 is 11.8 Å². The lowest BCUT2D eigenvalue weighted by Gasteiger charge is -2.06. The van der Waals surface area contributed by atoms with E-state index in [1.54, 1.807) is 24.3 Å². The fourth-order valence-corrected chi connectivity index (χ4v) is 2.39. The molecule has 0 aliphatic heterocycles. The number of hydrogen-bond donors (Lipinski definition) is 2. The van der Waals surface area contributed by atoms with Crippen LogP contribution in [0.3, 0.4) is 0 Å². The van der Waals surface area contributed by atoms with Crippen LogP contribution in [0.4, 0.5) is 5.69 Å². The van der Waals surface area contributed by atoms with Gasteiger partial charge in [0.15, 0.2) is 11.4 Å². The predicted molar refractivity (Wildman–Crippen MR) is 98.3 cm³/mol. The largest absolute Gasteiger partial charge is 0.352 e. The van der Waals surface area contributed by atoms with Gasteiger partial charge in [0, 0.05) is 12.1 Å². The predicted octanol–water partition coefficient (Wildman–Crippen LogP) is 3.08. The maximum absolute atomic E-state index is 12.1. The lowest BCUT2D eigenvalue weighted by atomic mass is 10.1. The third-order valence-electron chi connectivity index (χ3n) is 3.26. The van der Waals surface area contributed by atoms with Crippen LogP contribution in [-0.2, 0) is 6.42 Å². The number of carbonyl (C=O) groups excluding carboxylic acids is 1. The normalized spacial score (nSPS) is 10.8. The first-order valence-electron chi connectivity index (χ1n) is 7.43. The molecule has 24 heavy (non-hydrogen) atoms. The molecule has 2 aromatic rings. The summed E-state index contributed by atoms with van der Waals surface area (Å²) >= 11 is 1.35. The van der Waals surface area contributed by atoms with Crippen LogP contribution in [0.1, 0.15) is 15.9 Å². The van der Waals surface area contributed by atoms with Gasteiger partial charge in [0.2, 0.25) is 0 Å². The van der Waals surface area contributed by atoms with E-state index in [4.69, 9.17) is 5.26 Å². The lowest BCUT2D eigenvalue weighted by Crippen LogP contribution is -2.25. The Morgan fingerprint density at radius 3 is 2.50 bits per heavy atom. The zero-order valence-corrected chi connectivity index (χ0v) is 14.1. The maximum atomic E-state index is 12.1. The standard InChI is InChI=1S/C18H18N4OS/c1-24-18(21-13-19)22-16-9-7-15(8-10-16)17(23)20-12-11-14-5-3-2-4-6-14/h2-10H,11-12H2,1H3,(H,20,23)(H,21,22). The molecular formula is C18H18N4OS. The van der Waals surface area contributed by atoms with Crippen molar-refractivity contribution in [2.75, 3.05) is 12.8 Å². The summed E-state index contributed by atoms with van der Waals surface area (Å²) in [5.41, 5.74) is 2.46. The van der Waals surface area contributed by atoms with Crippen LogP contribution in [0, 0.1) is 11.5 Å². The maximum Gasteiger partial charge on any atom is 0.251 e. The molecule has 2 aromatic carbocycles. The summed E-state index contributed by atoms with van der Waals surface area (Å²) in [5.74, 6) is -0.110. The van der Waals surface area contributed by atoms with E-state index in [-0.39, 0.29) is 5.91 Å². The minimum absolute atomic E-state index is 0.110. The van der Waals surface area contributed by atoms with Crippen molar-refractivity contribution in [3.8, 4) is 6.19 Å². The molecule has 5 nitrogen and oxygen atoms in total. The fourth-order valence-electron chi connectivity index (χ4n) is 2.04. The van der Waals surface area contributed by atoms with Crippen molar-refractivity contribution in [1.29, 1.82) is 5.26 Å². The van der Waals surface area contributed by atoms with Crippen molar-refractivity contribution in [2.45, 2.75) is 6.42 Å². The molecule has 0 spiro atoms. The van der Waals surface area contributed by atoms with Gasteiger partial charge in [-0.25, -0.2) is 4.99 Å². The Hall–Kier alpha value is -2.78. The van der Waals surface area contributed by atoms with E-state index >= 15 is 0 Å². The average molecular weight is 338 g/mol. The average Bonchev–Trinajstić information content (AvgIpc) is 2.62. The second kappa shape index (κ2) is 9.38. The first-order chi connectivity index (χ1) is 11.7. The lowest BCUT2D eigenvalue weighted by molar-refractivity contribution is 0.0954. The van der Waals surface area contributed by atoms with Gasteiger partial charge >= 0.3 is 0 Å². The van der Waals surface area contributed by atoms with Crippen LogP contribution < -0.4 is 10.6 Å². The molecule has 2 rings (SSSR count). The molecule has 0 unspecified atom stereocenters. The van der Waals surface area contributed by atoms with Crippen molar-refractivity contribution in [1.82, 2.24) is 10.6 Å². The van der Waals surface area contributed by atoms with Crippen LogP contribution in [0.25, 0.3) is 0 Å². The molecule has 0 heterocycles. The summed E-state index contributed by atoms with van der Waals surface area (Å²) in [4.78, 5) is 16.4. The number of carbonyl (C=O) groups is 1. The topological polar surface area (TPSA) is 77.3 Å². The van der Waals surface area contributed by atoms with E-state index < -0.39 is 0 Å². The van der Waals surface area contributed by atoms with Gasteiger partial charge in [-0.15, -0.1) is 0 Å². The molecule has 0 saturated heterocycles. The number of benzene rings is 2. The zero-order chi connectivity index (χ0) is 17.2. The Labute approximate surface area is 145 Å². The molecule has 1 amide bonds. The highest BCUT2D eigenvalue weighted by molar-refractivity contribution is 8.13. The van der Waals surface area contributed by atoms with Gasteiger partial charge in [-0.05, 0) is 42.5 Å². The Kier molecular flexibility index (Phi) is 6.87. The van der Waals surface area contributed by atoms with Crippen LogP contribution in [0.5, 0.6) is 0 Å². The molecule has 0 aliphatic carbocycles. The van der Waals surface area contributed by atoms with Gasteiger partial charge in [0.05, 0.1) is 5.69 Å². The third kappa shape index (κ3) is 5.45. The molecule has 0 atom stereocenters. The minimum atomic E-state index is -0.110. The Morgan fingerprint density at radius 1 is 1.17 bits per heavy atom. The molecule has 122 valence electrons. The van der Waals surface area contributed by atoms with E-state index in [1.807, 2.05) is 42.8 Å². The number of nitrogens with one attached hydrogen (secondary N) is 2. The summed E-state index contributed by atoms with van der Waals surface area (Å²) in [6, 6.07) is 17.0. The van der Waals surface area contributed by atoms with Crippen molar-refractivity contribution < 1.29 is 4.79 Å². The molecule has 0 aliphatic rings. The number of thioether (sulfide) groups is 1. The number of amidine groups is 1. The second-order valence-corrected chi connectivity index (χ2v) is 5.69. The van der Waals surface area contributed by atoms with Crippen molar-refractivity contribution >= 4 is 28.5 Å². The fraction of sp³-hybridized carbons (Fsp3) is 0.167. The summed E-state index contributed by atoms with van der Waals surface area (Å²) in [6.07, 6.45) is 4.47. The first-order valence-corrected chi connectivity index (χ1v) is 8.65. The highest BCUT2D eigenvalue weighted by Crippen LogP contribution is 2.15. The number of nitrogens with zero attached hydrogens (tertiary/aromatic N) is 2. The number of amides is 1. The van der Waals surface area contributed by atoms with Gasteiger partial charge < -0.3 is 5.32 Å². The highest BCUT2D eigenvalue weighted by atomic mass is 32.2. The summed E-state index contributed by atoms with van der Waals surface area (Å²) in [6.45, 7) is 0.589. The van der Waals surface area contributed by atoms with Crippen molar-refractivity contribution in [2.24, 2.45) is 4.99 Å². The van der Waals surface area contributed by atoms with E-state index in [0.29, 0.717) is 23.0 Å². The number of rotatable bonds is 5. The summed E-state index contributed by atoms with van der Waals surface area (Å²) < 4.78 is 0. The minimum Gasteiger partial charge on any atom is -0.352 e. The summed E-state index contributed by atoms with van der Waals surface area (Å²) in [7, 11) is 0. The molecule has 0 aromatic heterocycles.